The van der Waals surface area contributed by atoms with Gasteiger partial charge in [-0.05, 0) is 35.2 Å². The number of aryl methyl sites for hydroxylation is 1. The molecule has 2 aromatic heterocycles. The average molecular weight is 452 g/mol. The van der Waals surface area contributed by atoms with Crippen LogP contribution in [-0.2, 0) is 13.7 Å². The summed E-state index contributed by atoms with van der Waals surface area (Å²) in [5.41, 5.74) is 4.28. The minimum absolute atomic E-state index is 0.134. The molecule has 3 atom stereocenters. The molecule has 6 rings (SSSR count). The Balaban J connectivity index is 1.24. The molecule has 3 aromatic rings. The Labute approximate surface area is 188 Å². The fourth-order valence-electron chi connectivity index (χ4n) is 5.00. The van der Waals surface area contributed by atoms with Crippen LogP contribution < -0.4 is 20.3 Å². The molecule has 9 heteroatoms. The van der Waals surface area contributed by atoms with Crippen molar-refractivity contribution in [3.05, 3.63) is 58.5 Å². The van der Waals surface area contributed by atoms with E-state index >= 15 is 0 Å². The summed E-state index contributed by atoms with van der Waals surface area (Å²) < 4.78 is 41.1. The summed E-state index contributed by atoms with van der Waals surface area (Å²) in [5, 5.41) is 7.07. The van der Waals surface area contributed by atoms with Gasteiger partial charge in [-0.2, -0.15) is 10.1 Å². The Morgan fingerprint density at radius 2 is 2.00 bits per heavy atom. The van der Waals surface area contributed by atoms with E-state index in [1.54, 1.807) is 25.4 Å². The zero-order valence-corrected chi connectivity index (χ0v) is 17.9. The fourth-order valence-corrected chi connectivity index (χ4v) is 5.00. The number of halogens is 2. The number of ether oxygens (including phenoxy) is 2. The number of fused-ring (bicyclic) bond motifs is 5. The predicted octanol–water partition coefficient (Wildman–Crippen LogP) is 3.31. The maximum Gasteiger partial charge on any atom is 0.267 e. The molecule has 0 spiro atoms. The van der Waals surface area contributed by atoms with Crippen molar-refractivity contribution < 1.29 is 18.3 Å². The van der Waals surface area contributed by atoms with Crippen molar-refractivity contribution in [1.29, 1.82) is 0 Å². The molecule has 2 bridgehead atoms. The molecule has 0 saturated carbocycles. The molecule has 3 unspecified atom stereocenters. The van der Waals surface area contributed by atoms with Crippen LogP contribution in [0.4, 0.5) is 8.78 Å². The van der Waals surface area contributed by atoms with E-state index in [0.29, 0.717) is 24.8 Å². The summed E-state index contributed by atoms with van der Waals surface area (Å²) in [4.78, 5) is 16.4. The first-order chi connectivity index (χ1) is 15.9. The monoisotopic (exact) mass is 452 g/mol. The number of aromatic nitrogens is 3. The first kappa shape index (κ1) is 20.3. The van der Waals surface area contributed by atoms with Crippen LogP contribution in [0.15, 0.2) is 47.4 Å². The highest BCUT2D eigenvalue weighted by molar-refractivity contribution is 5.77. The number of nitrogens with zero attached hydrogens (tertiary/aromatic N) is 3. The molecule has 33 heavy (non-hydrogen) atoms. The second kappa shape index (κ2) is 7.34. The quantitative estimate of drug-likeness (QED) is 0.657. The lowest BCUT2D eigenvalue weighted by atomic mass is 9.95. The van der Waals surface area contributed by atoms with E-state index in [0.717, 1.165) is 27.8 Å². The highest BCUT2D eigenvalue weighted by atomic mass is 19.3. The summed E-state index contributed by atoms with van der Waals surface area (Å²) in [6, 6.07) is 10.1. The second-order valence-corrected chi connectivity index (χ2v) is 8.96. The van der Waals surface area contributed by atoms with Crippen LogP contribution in [0.25, 0.3) is 22.3 Å². The summed E-state index contributed by atoms with van der Waals surface area (Å²) in [6.45, 7) is 0.328. The van der Waals surface area contributed by atoms with E-state index in [2.05, 4.69) is 15.4 Å². The van der Waals surface area contributed by atoms with E-state index in [1.165, 1.54) is 4.68 Å². The SMILES string of the molecule is Cn1ncc(-c2ccc3c(c2)COc2nc(OC4CC5CC(F)(F)C(C4)N5)ccc2-3)cc1=O. The van der Waals surface area contributed by atoms with Gasteiger partial charge in [0.15, 0.2) is 0 Å². The van der Waals surface area contributed by atoms with E-state index in [9.17, 15) is 13.6 Å². The molecule has 0 amide bonds. The lowest BCUT2D eigenvalue weighted by Gasteiger charge is -2.30. The Kier molecular flexibility index (Phi) is 4.52. The second-order valence-electron chi connectivity index (χ2n) is 8.96. The molecule has 2 saturated heterocycles. The van der Waals surface area contributed by atoms with Crippen molar-refractivity contribution in [3.8, 4) is 34.0 Å². The largest absolute Gasteiger partial charge is 0.474 e. The maximum atomic E-state index is 14.0. The molecular weight excluding hydrogens is 430 g/mol. The number of nitrogens with one attached hydrogen (secondary N) is 1. The standard InChI is InChI=1S/C24H22F2N4O3/c1-30-22(31)7-14(11-27-30)13-2-3-18-15(6-13)12-32-23-19(18)4-5-21(29-23)33-17-8-16-10-24(25,26)20(9-17)28-16/h2-7,11,16-17,20,28H,8-10,12H2,1H3. The van der Waals surface area contributed by atoms with Gasteiger partial charge in [0.1, 0.15) is 12.7 Å². The Morgan fingerprint density at radius 1 is 1.15 bits per heavy atom. The van der Waals surface area contributed by atoms with Gasteiger partial charge in [0.2, 0.25) is 11.8 Å². The van der Waals surface area contributed by atoms with E-state index in [4.69, 9.17) is 9.47 Å². The molecule has 1 N–H and O–H groups in total. The minimum atomic E-state index is -2.68. The molecule has 1 aromatic carbocycles. The molecule has 7 nitrogen and oxygen atoms in total. The van der Waals surface area contributed by atoms with Gasteiger partial charge in [-0.25, -0.2) is 13.5 Å². The van der Waals surface area contributed by atoms with Crippen LogP contribution >= 0.6 is 0 Å². The van der Waals surface area contributed by atoms with Crippen LogP contribution in [0.3, 0.4) is 0 Å². The van der Waals surface area contributed by atoms with Gasteiger partial charge in [-0.15, -0.1) is 0 Å². The summed E-state index contributed by atoms with van der Waals surface area (Å²) in [7, 11) is 1.61. The first-order valence-corrected chi connectivity index (χ1v) is 11.0. The third-order valence-electron chi connectivity index (χ3n) is 6.69. The van der Waals surface area contributed by atoms with Crippen molar-refractivity contribution in [1.82, 2.24) is 20.1 Å². The van der Waals surface area contributed by atoms with E-state index in [-0.39, 0.29) is 30.5 Å². The molecule has 5 heterocycles. The van der Waals surface area contributed by atoms with Crippen LogP contribution in [0, 0.1) is 0 Å². The van der Waals surface area contributed by atoms with Gasteiger partial charge in [0, 0.05) is 49.2 Å². The van der Waals surface area contributed by atoms with Gasteiger partial charge >= 0.3 is 0 Å². The summed E-state index contributed by atoms with van der Waals surface area (Å²) >= 11 is 0. The Hall–Kier alpha value is -3.33. The molecular formula is C24H22F2N4O3. The van der Waals surface area contributed by atoms with Crippen LogP contribution in [0.1, 0.15) is 24.8 Å². The number of hydrogen-bond donors (Lipinski definition) is 1. The van der Waals surface area contributed by atoms with Crippen molar-refractivity contribution in [3.63, 3.8) is 0 Å². The summed E-state index contributed by atoms with van der Waals surface area (Å²) in [5.74, 6) is -1.83. The molecule has 170 valence electrons. The Bertz CT molecular complexity index is 1310. The number of benzene rings is 1. The molecule has 2 fully saturated rings. The first-order valence-electron chi connectivity index (χ1n) is 11.0. The van der Waals surface area contributed by atoms with Crippen molar-refractivity contribution in [2.75, 3.05) is 0 Å². The topological polar surface area (TPSA) is 78.3 Å². The third kappa shape index (κ3) is 3.56. The third-order valence-corrected chi connectivity index (χ3v) is 6.69. The smallest absolute Gasteiger partial charge is 0.267 e. The molecule has 3 aliphatic rings. The number of rotatable bonds is 3. The van der Waals surface area contributed by atoms with Crippen LogP contribution in [-0.4, -0.2) is 38.9 Å². The zero-order chi connectivity index (χ0) is 22.7. The maximum absolute atomic E-state index is 14.0. The highest BCUT2D eigenvalue weighted by Crippen LogP contribution is 2.42. The molecule has 3 aliphatic heterocycles. The highest BCUT2D eigenvalue weighted by Gasteiger charge is 2.53. The number of hydrogen-bond acceptors (Lipinski definition) is 6. The number of alkyl halides is 2. The summed E-state index contributed by atoms with van der Waals surface area (Å²) in [6.07, 6.45) is 2.02. The van der Waals surface area contributed by atoms with Crippen LogP contribution in [0.5, 0.6) is 11.8 Å². The van der Waals surface area contributed by atoms with Gasteiger partial charge in [-0.3, -0.25) is 4.79 Å². The predicted molar refractivity (Wildman–Crippen MR) is 116 cm³/mol. The molecule has 0 radical (unpaired) electrons. The van der Waals surface area contributed by atoms with Gasteiger partial charge in [0.05, 0.1) is 12.2 Å². The van der Waals surface area contributed by atoms with Crippen molar-refractivity contribution in [2.45, 2.75) is 50.0 Å². The number of pyridine rings is 1. The fraction of sp³-hybridized carbons (Fsp3) is 0.375. The van der Waals surface area contributed by atoms with Gasteiger partial charge in [0.25, 0.3) is 11.5 Å². The lowest BCUT2D eigenvalue weighted by Crippen LogP contribution is -2.46. The van der Waals surface area contributed by atoms with E-state index < -0.39 is 12.0 Å². The minimum Gasteiger partial charge on any atom is -0.474 e. The molecule has 0 aliphatic carbocycles. The zero-order valence-electron chi connectivity index (χ0n) is 17.9. The lowest BCUT2D eigenvalue weighted by molar-refractivity contribution is -0.0195. The Morgan fingerprint density at radius 3 is 2.82 bits per heavy atom. The van der Waals surface area contributed by atoms with Crippen molar-refractivity contribution in [2.24, 2.45) is 7.05 Å². The van der Waals surface area contributed by atoms with Crippen molar-refractivity contribution >= 4 is 0 Å². The van der Waals surface area contributed by atoms with Gasteiger partial charge < -0.3 is 14.8 Å². The normalized spacial score (nSPS) is 24.5. The van der Waals surface area contributed by atoms with E-state index in [1.807, 2.05) is 24.3 Å². The van der Waals surface area contributed by atoms with Crippen LogP contribution in [0.2, 0.25) is 0 Å². The van der Waals surface area contributed by atoms with Gasteiger partial charge in [-0.1, -0.05) is 12.1 Å². The average Bonchev–Trinajstić information content (AvgIpc) is 3.01. The number of piperidine rings is 1.